The molecule has 0 saturated carbocycles. The third-order valence-electron chi connectivity index (χ3n) is 5.68. The molecule has 0 spiro atoms. The van der Waals surface area contributed by atoms with Crippen LogP contribution in [0.25, 0.3) is 22.6 Å². The standard InChI is InChI=1S/C22H19F5IN10OP/c1-36-9-29-19(35-36)10-5-4-6-11(17(10)39-3)30-12-7-14(31-15-8-13(22(25,26)27)37(2)34-15)32-20-16(12)33-21(18(23)24)38(20)40-28/h4-9,18,40H,1-3H3,(H2,30,31,32,34). The molecule has 11 nitrogen and oxygen atoms in total. The van der Waals surface area contributed by atoms with E-state index in [4.69, 9.17) is 4.74 Å². The van der Waals surface area contributed by atoms with Crippen molar-refractivity contribution >= 4 is 62.6 Å². The number of hydrogen-bond donors (Lipinski definition) is 2. The first-order valence-corrected chi connectivity index (χ1v) is 15.3. The van der Waals surface area contributed by atoms with Gasteiger partial charge in [0.2, 0.25) is 0 Å². The lowest BCUT2D eigenvalue weighted by molar-refractivity contribution is -0.143. The van der Waals surface area contributed by atoms with Gasteiger partial charge in [0.15, 0.2) is 28.9 Å². The number of alkyl halides is 5. The highest BCUT2D eigenvalue weighted by Gasteiger charge is 2.35. The van der Waals surface area contributed by atoms with E-state index in [1.54, 1.807) is 25.2 Å². The van der Waals surface area contributed by atoms with Gasteiger partial charge >= 0.3 is 6.18 Å². The Morgan fingerprint density at radius 1 is 1.02 bits per heavy atom. The highest BCUT2D eigenvalue weighted by Crippen LogP contribution is 2.41. The first kappa shape index (κ1) is 27.9. The lowest BCUT2D eigenvalue weighted by atomic mass is 10.1. The van der Waals surface area contributed by atoms with Crippen molar-refractivity contribution in [2.24, 2.45) is 14.1 Å². The second-order valence-electron chi connectivity index (χ2n) is 8.33. The summed E-state index contributed by atoms with van der Waals surface area (Å²) in [4.78, 5) is 12.8. The van der Waals surface area contributed by atoms with Gasteiger partial charge in [-0.05, 0) is 34.2 Å². The van der Waals surface area contributed by atoms with Crippen LogP contribution in [0.3, 0.4) is 0 Å². The van der Waals surface area contributed by atoms with Gasteiger partial charge < -0.3 is 15.4 Å². The summed E-state index contributed by atoms with van der Waals surface area (Å²) in [7, 11) is 4.34. The van der Waals surface area contributed by atoms with Crippen LogP contribution >= 0.6 is 28.4 Å². The van der Waals surface area contributed by atoms with Gasteiger partial charge in [-0.2, -0.15) is 23.4 Å². The number of hydrogen-bond acceptors (Lipinski definition) is 8. The molecule has 18 heteroatoms. The summed E-state index contributed by atoms with van der Waals surface area (Å²) in [5.74, 6) is 0.199. The lowest BCUT2D eigenvalue weighted by Crippen LogP contribution is -2.11. The number of aryl methyl sites for hydroxylation is 2. The Morgan fingerprint density at radius 3 is 2.40 bits per heavy atom. The van der Waals surface area contributed by atoms with Crippen molar-refractivity contribution in [1.29, 1.82) is 0 Å². The normalized spacial score (nSPS) is 12.2. The van der Waals surface area contributed by atoms with Crippen LogP contribution in [0.5, 0.6) is 5.75 Å². The predicted molar refractivity (Wildman–Crippen MR) is 148 cm³/mol. The molecule has 0 fully saturated rings. The number of methoxy groups -OCH3 is 1. The van der Waals surface area contributed by atoms with E-state index >= 15 is 0 Å². The molecule has 2 N–H and O–H groups in total. The van der Waals surface area contributed by atoms with E-state index in [1.807, 2.05) is 22.0 Å². The number of nitrogens with zero attached hydrogens (tertiary/aromatic N) is 8. The van der Waals surface area contributed by atoms with Gasteiger partial charge in [-0.15, -0.1) is 0 Å². The zero-order valence-electron chi connectivity index (χ0n) is 20.8. The molecule has 0 aliphatic rings. The molecule has 4 heterocycles. The lowest BCUT2D eigenvalue weighted by Gasteiger charge is -2.15. The Morgan fingerprint density at radius 2 is 1.80 bits per heavy atom. The number of benzene rings is 1. The molecular formula is C22H19F5IN10OP. The van der Waals surface area contributed by atoms with Gasteiger partial charge in [-0.25, -0.2) is 23.7 Å². The zero-order chi connectivity index (χ0) is 28.8. The third kappa shape index (κ3) is 5.26. The number of fused-ring (bicyclic) bond motifs is 1. The fourth-order valence-corrected chi connectivity index (χ4v) is 5.91. The van der Waals surface area contributed by atoms with Crippen LogP contribution in [0.2, 0.25) is 0 Å². The highest BCUT2D eigenvalue weighted by atomic mass is 127. The topological polar surface area (TPSA) is 113 Å². The maximum absolute atomic E-state index is 13.9. The van der Waals surface area contributed by atoms with E-state index in [1.165, 1.54) is 28.5 Å². The summed E-state index contributed by atoms with van der Waals surface area (Å²) in [5.41, 5.74) is 0.511. The Balaban J connectivity index is 1.64. The summed E-state index contributed by atoms with van der Waals surface area (Å²) < 4.78 is 76.8. The molecule has 0 saturated heterocycles. The minimum Gasteiger partial charge on any atom is -0.494 e. The summed E-state index contributed by atoms with van der Waals surface area (Å²) in [6, 6.07) is 7.46. The molecule has 0 bridgehead atoms. The zero-order valence-corrected chi connectivity index (χ0v) is 24.0. The van der Waals surface area contributed by atoms with Crippen molar-refractivity contribution in [2.45, 2.75) is 12.6 Å². The van der Waals surface area contributed by atoms with E-state index < -0.39 is 24.1 Å². The van der Waals surface area contributed by atoms with Crippen LogP contribution in [-0.2, 0) is 20.3 Å². The molecule has 40 heavy (non-hydrogen) atoms. The molecule has 5 aromatic rings. The molecule has 0 aliphatic carbocycles. The van der Waals surface area contributed by atoms with E-state index in [9.17, 15) is 22.0 Å². The number of para-hydroxylation sites is 1. The van der Waals surface area contributed by atoms with Crippen LogP contribution in [0, 0.1) is 0 Å². The quantitative estimate of drug-likeness (QED) is 0.112. The van der Waals surface area contributed by atoms with E-state index in [0.717, 1.165) is 13.1 Å². The van der Waals surface area contributed by atoms with Gasteiger partial charge in [0.25, 0.3) is 6.43 Å². The summed E-state index contributed by atoms with van der Waals surface area (Å²) in [6.07, 6.45) is -6.16. The molecule has 0 radical (unpaired) electrons. The predicted octanol–water partition coefficient (Wildman–Crippen LogP) is 6.20. The van der Waals surface area contributed by atoms with Crippen LogP contribution in [0.15, 0.2) is 36.7 Å². The molecular weight excluding hydrogens is 673 g/mol. The fraction of sp³-hybridized carbons (Fsp3) is 0.227. The van der Waals surface area contributed by atoms with Crippen molar-refractivity contribution in [3.8, 4) is 17.1 Å². The SMILES string of the molecule is COc1c(Nc2cc(Nc3cc(C(F)(F)F)n(C)n3)nc3c2nc(C(F)F)n3PI)cccc1-c1ncn(C)n1. The van der Waals surface area contributed by atoms with Gasteiger partial charge in [0.1, 0.15) is 23.4 Å². The smallest absolute Gasteiger partial charge is 0.433 e. The van der Waals surface area contributed by atoms with E-state index in [-0.39, 0.29) is 34.9 Å². The minimum atomic E-state index is -4.62. The Bertz CT molecular complexity index is 1700. The average Bonchev–Trinajstić information content (AvgIpc) is 3.60. The van der Waals surface area contributed by atoms with Gasteiger partial charge in [-0.1, -0.05) is 6.07 Å². The Hall–Kier alpha value is -3.60. The molecule has 5 rings (SSSR count). The summed E-state index contributed by atoms with van der Waals surface area (Å²) in [5, 5.41) is 14.1. The first-order valence-electron chi connectivity index (χ1n) is 11.3. The van der Waals surface area contributed by atoms with Crippen LogP contribution in [0.1, 0.15) is 17.9 Å². The largest absolute Gasteiger partial charge is 0.494 e. The summed E-state index contributed by atoms with van der Waals surface area (Å²) in [6.45, 7) is 0. The first-order chi connectivity index (χ1) is 19.0. The number of nitrogens with one attached hydrogen (secondary N) is 2. The second kappa shape index (κ2) is 10.8. The van der Waals surface area contributed by atoms with Crippen molar-refractivity contribution in [3.63, 3.8) is 0 Å². The van der Waals surface area contributed by atoms with Gasteiger partial charge in [-0.3, -0.25) is 13.7 Å². The third-order valence-corrected chi connectivity index (χ3v) is 7.73. The number of pyridine rings is 1. The molecule has 1 unspecified atom stereocenters. The van der Waals surface area contributed by atoms with Crippen LogP contribution in [0.4, 0.5) is 45.0 Å². The highest BCUT2D eigenvalue weighted by molar-refractivity contribution is 14.2. The maximum atomic E-state index is 13.9. The molecule has 1 aromatic carbocycles. The number of aromatic nitrogens is 8. The van der Waals surface area contributed by atoms with Crippen LogP contribution in [-0.4, -0.2) is 46.0 Å². The maximum Gasteiger partial charge on any atom is 0.433 e. The van der Waals surface area contributed by atoms with Crippen molar-refractivity contribution in [1.82, 2.24) is 38.9 Å². The molecule has 4 aromatic heterocycles. The van der Waals surface area contributed by atoms with Crippen LogP contribution < -0.4 is 15.4 Å². The number of halogens is 6. The Kier molecular flexibility index (Phi) is 7.52. The number of rotatable bonds is 8. The average molecular weight is 692 g/mol. The molecule has 1 atom stereocenters. The Labute approximate surface area is 237 Å². The number of anilines is 4. The van der Waals surface area contributed by atoms with Crippen molar-refractivity contribution in [2.75, 3.05) is 17.7 Å². The van der Waals surface area contributed by atoms with Crippen molar-refractivity contribution < 1.29 is 26.7 Å². The van der Waals surface area contributed by atoms with E-state index in [2.05, 4.69) is 35.8 Å². The number of imidazole rings is 1. The van der Waals surface area contributed by atoms with Gasteiger partial charge in [0.05, 0.1) is 30.4 Å². The molecule has 0 aliphatic heterocycles. The fourth-order valence-electron chi connectivity index (χ4n) is 4.02. The monoisotopic (exact) mass is 692 g/mol. The second-order valence-corrected chi connectivity index (χ2v) is 10.4. The summed E-state index contributed by atoms with van der Waals surface area (Å²) >= 11 is 1.93. The number of ether oxygens (including phenoxy) is 1. The van der Waals surface area contributed by atoms with E-state index in [0.29, 0.717) is 27.5 Å². The minimum absolute atomic E-state index is 0.0555. The van der Waals surface area contributed by atoms with Crippen molar-refractivity contribution in [3.05, 3.63) is 48.2 Å². The molecule has 0 amide bonds. The molecule has 210 valence electrons. The van der Waals surface area contributed by atoms with Gasteiger partial charge in [0, 0.05) is 26.2 Å².